The number of hydrogen-bond acceptors (Lipinski definition) is 8. The lowest BCUT2D eigenvalue weighted by molar-refractivity contribution is 0.0940. The summed E-state index contributed by atoms with van der Waals surface area (Å²) in [6.45, 7) is 3.56. The zero-order valence-corrected chi connectivity index (χ0v) is 23.5. The summed E-state index contributed by atoms with van der Waals surface area (Å²) < 4.78 is 10.8. The van der Waals surface area contributed by atoms with E-state index in [-0.39, 0.29) is 29.6 Å². The molecule has 5 rings (SSSR count). The van der Waals surface area contributed by atoms with Gasteiger partial charge in [-0.25, -0.2) is 9.78 Å². The van der Waals surface area contributed by atoms with E-state index in [9.17, 15) is 19.2 Å². The van der Waals surface area contributed by atoms with Crippen molar-refractivity contribution in [1.82, 2.24) is 28.5 Å². The smallest absolute Gasteiger partial charge is 0.411 e. The monoisotopic (exact) mass is 584 g/mol. The first-order valence-electron chi connectivity index (χ1n) is 12.9. The van der Waals surface area contributed by atoms with Crippen LogP contribution in [-0.2, 0) is 25.9 Å². The minimum absolute atomic E-state index is 0.0560. The quantitative estimate of drug-likeness (QED) is 0.201. The molecule has 5 aromatic rings. The van der Waals surface area contributed by atoms with Crippen LogP contribution >= 0.6 is 0 Å². The fourth-order valence-electron chi connectivity index (χ4n) is 4.44. The van der Waals surface area contributed by atoms with Crippen molar-refractivity contribution in [3.05, 3.63) is 85.0 Å². The van der Waals surface area contributed by atoms with Crippen LogP contribution in [0.25, 0.3) is 10.9 Å². The van der Waals surface area contributed by atoms with Crippen LogP contribution < -0.4 is 21.7 Å². The maximum Gasteiger partial charge on any atom is 0.411 e. The fourth-order valence-corrected chi connectivity index (χ4v) is 4.44. The molecule has 0 aliphatic heterocycles. The molecule has 0 saturated carbocycles. The highest BCUT2D eigenvalue weighted by Gasteiger charge is 2.21. The molecule has 0 radical (unpaired) electrons. The molecule has 0 aliphatic carbocycles. The van der Waals surface area contributed by atoms with Crippen molar-refractivity contribution in [2.24, 2.45) is 21.1 Å². The number of aromatic nitrogens is 6. The van der Waals surface area contributed by atoms with E-state index in [2.05, 4.69) is 32.6 Å². The Morgan fingerprint density at radius 3 is 2.23 bits per heavy atom. The van der Waals surface area contributed by atoms with Crippen LogP contribution in [0.15, 0.2) is 67.8 Å². The second-order valence-electron chi connectivity index (χ2n) is 9.61. The predicted molar refractivity (Wildman–Crippen MR) is 159 cm³/mol. The van der Waals surface area contributed by atoms with Crippen LogP contribution in [-0.4, -0.2) is 58.9 Å². The summed E-state index contributed by atoms with van der Waals surface area (Å²) >= 11 is 0. The van der Waals surface area contributed by atoms with E-state index in [4.69, 9.17) is 10.5 Å². The number of hydrogen-bond donors (Lipinski definition) is 4. The number of carbonyl (C=O) groups is 4. The van der Waals surface area contributed by atoms with Gasteiger partial charge < -0.3 is 34.8 Å². The molecule has 0 atom stereocenters. The molecule has 5 N–H and O–H groups in total. The van der Waals surface area contributed by atoms with Gasteiger partial charge in [-0.05, 0) is 30.3 Å². The Morgan fingerprint density at radius 1 is 0.884 bits per heavy atom. The minimum atomic E-state index is -0.662. The van der Waals surface area contributed by atoms with Crippen molar-refractivity contribution in [3.8, 4) is 0 Å². The maximum atomic E-state index is 13.5. The van der Waals surface area contributed by atoms with Crippen molar-refractivity contribution < 1.29 is 23.9 Å². The highest BCUT2D eigenvalue weighted by atomic mass is 16.5. The lowest BCUT2D eigenvalue weighted by Crippen LogP contribution is -2.17. The number of ether oxygens (including phenoxy) is 1. The van der Waals surface area contributed by atoms with E-state index >= 15 is 0 Å². The van der Waals surface area contributed by atoms with Crippen molar-refractivity contribution >= 4 is 57.6 Å². The number of amides is 3. The van der Waals surface area contributed by atoms with Gasteiger partial charge in [0.25, 0.3) is 17.7 Å². The largest absolute Gasteiger partial charge is 0.445 e. The number of aryl methyl sites for hydroxylation is 3. The van der Waals surface area contributed by atoms with Crippen molar-refractivity contribution in [2.75, 3.05) is 28.3 Å². The number of anilines is 4. The molecule has 0 aliphatic rings. The van der Waals surface area contributed by atoms with Crippen LogP contribution in [0.1, 0.15) is 31.6 Å². The van der Waals surface area contributed by atoms with E-state index < -0.39 is 23.8 Å². The molecule has 0 fully saturated rings. The number of fused-ring (bicyclic) bond motifs is 1. The van der Waals surface area contributed by atoms with Crippen LogP contribution in [0, 0.1) is 0 Å². The average Bonchev–Trinajstić information content (AvgIpc) is 3.72. The molecule has 1 aromatic carbocycles. The Balaban J connectivity index is 1.31. The van der Waals surface area contributed by atoms with E-state index in [1.165, 1.54) is 39.9 Å². The number of nitrogens with two attached hydrogens (primary N) is 1. The van der Waals surface area contributed by atoms with Gasteiger partial charge in [0.05, 0.1) is 23.1 Å². The molecule has 0 spiro atoms. The molecule has 3 amide bonds. The first kappa shape index (κ1) is 28.4. The van der Waals surface area contributed by atoms with Gasteiger partial charge in [0.2, 0.25) is 5.82 Å². The van der Waals surface area contributed by atoms with Crippen LogP contribution in [0.5, 0.6) is 0 Å². The molecular formula is C28H28N10O5. The minimum Gasteiger partial charge on any atom is -0.445 e. The average molecular weight is 585 g/mol. The highest BCUT2D eigenvalue weighted by molar-refractivity contribution is 6.07. The summed E-state index contributed by atoms with van der Waals surface area (Å²) in [6.07, 6.45) is 7.02. The summed E-state index contributed by atoms with van der Waals surface area (Å²) in [5.74, 6) is -1.06. The summed E-state index contributed by atoms with van der Waals surface area (Å²) in [6, 6.07) is 8.03. The molecule has 4 heterocycles. The van der Waals surface area contributed by atoms with Gasteiger partial charge in [0, 0.05) is 50.8 Å². The molecular weight excluding hydrogens is 556 g/mol. The normalized spacial score (nSPS) is 10.9. The standard InChI is InChI=1S/C28H28N10O5/c1-5-8-43-28(42)33-17-7-6-16-12-30-38(20(16)9-17)27(41)22-11-19(14-36(22)3)31-25(39)21-10-18(13-35(21)2)32-26(40)24-34-23(29)15-37(24)4/h5-7,9-15H,1,8,29H2,2-4H3,(H,31,39)(H,32,40)(H,33,42). The SMILES string of the molecule is C=CCOC(=O)Nc1ccc2cnn(C(=O)c3cc(NC(=O)c4cc(NC(=O)c5nc(N)cn5C)cn4C)cn3C)c2c1. The summed E-state index contributed by atoms with van der Waals surface area (Å²) in [7, 11) is 4.97. The molecule has 0 bridgehead atoms. The Kier molecular flexibility index (Phi) is 7.53. The lowest BCUT2D eigenvalue weighted by atomic mass is 10.2. The summed E-state index contributed by atoms with van der Waals surface area (Å²) in [5, 5.41) is 13.0. The van der Waals surface area contributed by atoms with E-state index in [0.29, 0.717) is 28.0 Å². The third-order valence-electron chi connectivity index (χ3n) is 6.42. The Hall–Kier alpha value is -6.12. The lowest BCUT2D eigenvalue weighted by Gasteiger charge is -2.07. The topological polar surface area (TPSA) is 185 Å². The molecule has 15 nitrogen and oxygen atoms in total. The van der Waals surface area contributed by atoms with E-state index in [0.717, 1.165) is 0 Å². The summed E-state index contributed by atoms with van der Waals surface area (Å²) in [4.78, 5) is 55.1. The first-order valence-corrected chi connectivity index (χ1v) is 12.9. The highest BCUT2D eigenvalue weighted by Crippen LogP contribution is 2.23. The van der Waals surface area contributed by atoms with Gasteiger partial charge in [-0.1, -0.05) is 12.7 Å². The Labute approximate surface area is 244 Å². The second-order valence-corrected chi connectivity index (χ2v) is 9.61. The number of nitrogens with zero attached hydrogens (tertiary/aromatic N) is 6. The van der Waals surface area contributed by atoms with E-state index in [1.54, 1.807) is 60.9 Å². The zero-order chi connectivity index (χ0) is 30.8. The zero-order valence-electron chi connectivity index (χ0n) is 23.5. The Morgan fingerprint density at radius 2 is 1.56 bits per heavy atom. The molecule has 15 heteroatoms. The van der Waals surface area contributed by atoms with Gasteiger partial charge in [-0.15, -0.1) is 0 Å². The van der Waals surface area contributed by atoms with Crippen molar-refractivity contribution in [1.29, 1.82) is 0 Å². The molecule has 220 valence electrons. The number of carbonyl (C=O) groups excluding carboxylic acids is 4. The maximum absolute atomic E-state index is 13.5. The number of benzene rings is 1. The van der Waals surface area contributed by atoms with Gasteiger partial charge in [0.15, 0.2) is 0 Å². The first-order chi connectivity index (χ1) is 20.5. The van der Waals surface area contributed by atoms with Crippen LogP contribution in [0.4, 0.5) is 27.7 Å². The van der Waals surface area contributed by atoms with Gasteiger partial charge in [-0.3, -0.25) is 19.7 Å². The number of rotatable bonds is 8. The third-order valence-corrected chi connectivity index (χ3v) is 6.42. The van der Waals surface area contributed by atoms with Gasteiger partial charge >= 0.3 is 6.09 Å². The van der Waals surface area contributed by atoms with Crippen LogP contribution in [0.2, 0.25) is 0 Å². The Bertz CT molecular complexity index is 1910. The second kappa shape index (κ2) is 11.4. The van der Waals surface area contributed by atoms with Crippen molar-refractivity contribution in [3.63, 3.8) is 0 Å². The van der Waals surface area contributed by atoms with Gasteiger partial charge in [0.1, 0.15) is 23.8 Å². The number of nitrogen functional groups attached to an aromatic ring is 1. The van der Waals surface area contributed by atoms with E-state index in [1.807, 2.05) is 0 Å². The molecule has 0 saturated heterocycles. The van der Waals surface area contributed by atoms with Gasteiger partial charge in [-0.2, -0.15) is 9.78 Å². The number of imidazole rings is 1. The summed E-state index contributed by atoms with van der Waals surface area (Å²) in [5.41, 5.74) is 7.80. The van der Waals surface area contributed by atoms with Crippen LogP contribution in [0.3, 0.4) is 0 Å². The number of nitrogens with one attached hydrogen (secondary N) is 3. The molecule has 0 unspecified atom stereocenters. The third kappa shape index (κ3) is 5.85. The molecule has 4 aromatic heterocycles. The predicted octanol–water partition coefficient (Wildman–Crippen LogP) is 2.96. The van der Waals surface area contributed by atoms with Crippen molar-refractivity contribution in [2.45, 2.75) is 0 Å². The molecule has 43 heavy (non-hydrogen) atoms. The fraction of sp³-hybridized carbons (Fsp3) is 0.143.